The minimum Gasteiger partial charge on any atom is -0.377 e. The van der Waals surface area contributed by atoms with Crippen LogP contribution in [0.2, 0.25) is 0 Å². The summed E-state index contributed by atoms with van der Waals surface area (Å²) in [5, 5.41) is 5.05. The normalized spacial score (nSPS) is 13.2. The molecule has 11 rings (SSSR count). The number of fused-ring (bicyclic) bond motifs is 10. The van der Waals surface area contributed by atoms with Crippen molar-refractivity contribution in [2.75, 3.05) is 26.4 Å². The molecule has 0 spiro atoms. The van der Waals surface area contributed by atoms with Crippen LogP contribution in [0.25, 0.3) is 43.8 Å². The molecule has 0 atom stereocenters. The average Bonchev–Trinajstić information content (AvgIpc) is 4.14. The molecular formula is C77H88O4. The van der Waals surface area contributed by atoms with Gasteiger partial charge in [-0.15, -0.1) is 0 Å². The topological polar surface area (TPSA) is 36.9 Å². The molecule has 0 saturated carbocycles. The Kier molecular flexibility index (Phi) is 20.3. The Morgan fingerprint density at radius 1 is 0.321 bits per heavy atom. The summed E-state index contributed by atoms with van der Waals surface area (Å²) in [7, 11) is 0. The molecule has 81 heavy (non-hydrogen) atoms. The highest BCUT2D eigenvalue weighted by molar-refractivity contribution is 6.09. The Balaban J connectivity index is 0.00000194. The lowest BCUT2D eigenvalue weighted by molar-refractivity contribution is 0.118. The highest BCUT2D eigenvalue weighted by atomic mass is 16.5. The third-order valence-electron chi connectivity index (χ3n) is 16.7. The van der Waals surface area contributed by atoms with Gasteiger partial charge in [0.2, 0.25) is 0 Å². The smallest absolute Gasteiger partial charge is 0.0716 e. The molecular weight excluding hydrogens is 989 g/mol. The first-order valence-corrected chi connectivity index (χ1v) is 30.9. The molecule has 0 saturated heterocycles. The molecule has 0 aliphatic heterocycles. The zero-order chi connectivity index (χ0) is 56.8. The minimum atomic E-state index is -0.674. The molecule has 0 bridgehead atoms. The fraction of sp³-hybridized carbons (Fsp3) is 0.351. The molecule has 0 aromatic heterocycles. The number of hydrogen-bond acceptors (Lipinski definition) is 4. The standard InChI is InChI=1S/C73H76O4.2C2H6/c1-6-10-40-74-47-52-22-31-57(32-23-52)72(58-33-24-53(25-34-58)48-75-41-11-7-2)66-39-30-56-18-14-15-20-62(56)70(66)64-45-68-65(46-67(64)72)71-63-21-17-16-19-61(63)51(5)44-69(71)73(68,59-35-26-54(27-36-59)49-76-42-12-8-3)60-37-28-55(29-38-60)50-77-43-13-9-4;2*1-2/h14-39,44-46H,6-13,40-43,47-50H2,1-5H3;2*1-2H3. The van der Waals surface area contributed by atoms with Gasteiger partial charge < -0.3 is 18.9 Å². The van der Waals surface area contributed by atoms with Crippen molar-refractivity contribution < 1.29 is 18.9 Å². The van der Waals surface area contributed by atoms with E-state index in [9.17, 15) is 0 Å². The van der Waals surface area contributed by atoms with Crippen molar-refractivity contribution in [1.82, 2.24) is 0 Å². The molecule has 0 heterocycles. The summed E-state index contributed by atoms with van der Waals surface area (Å²) in [5.41, 5.74) is 20.0. The first kappa shape index (κ1) is 59.0. The van der Waals surface area contributed by atoms with Crippen LogP contribution in [0, 0.1) is 6.92 Å². The van der Waals surface area contributed by atoms with E-state index in [1.54, 1.807) is 0 Å². The van der Waals surface area contributed by atoms with E-state index in [2.05, 4.69) is 211 Å². The summed E-state index contributed by atoms with van der Waals surface area (Å²) in [5.74, 6) is 0. The molecule has 0 N–H and O–H groups in total. The Morgan fingerprint density at radius 2 is 0.654 bits per heavy atom. The van der Waals surface area contributed by atoms with Crippen LogP contribution in [0.4, 0.5) is 0 Å². The summed E-state index contributed by atoms with van der Waals surface area (Å²) in [4.78, 5) is 0. The number of rotatable bonds is 24. The highest BCUT2D eigenvalue weighted by Gasteiger charge is 2.52. The van der Waals surface area contributed by atoms with E-state index in [1.165, 1.54) is 116 Å². The maximum Gasteiger partial charge on any atom is 0.0716 e. The monoisotopic (exact) mass is 1080 g/mol. The van der Waals surface area contributed by atoms with Crippen molar-refractivity contribution in [3.63, 3.8) is 0 Å². The summed E-state index contributed by atoms with van der Waals surface area (Å²) in [6.45, 7) is 24.6. The summed E-state index contributed by atoms with van der Waals surface area (Å²) in [6, 6.07) is 68.3. The Morgan fingerprint density at radius 3 is 1.04 bits per heavy atom. The van der Waals surface area contributed by atoms with Gasteiger partial charge in [0.05, 0.1) is 37.3 Å². The zero-order valence-corrected chi connectivity index (χ0v) is 50.2. The molecule has 9 aromatic rings. The van der Waals surface area contributed by atoms with Gasteiger partial charge in [0.25, 0.3) is 0 Å². The van der Waals surface area contributed by atoms with Gasteiger partial charge in [0, 0.05) is 26.4 Å². The molecule has 4 nitrogen and oxygen atoms in total. The van der Waals surface area contributed by atoms with E-state index in [4.69, 9.17) is 18.9 Å². The summed E-state index contributed by atoms with van der Waals surface area (Å²) in [6.07, 6.45) is 8.70. The molecule has 0 fully saturated rings. The van der Waals surface area contributed by atoms with Gasteiger partial charge in [0.1, 0.15) is 0 Å². The van der Waals surface area contributed by atoms with E-state index in [-0.39, 0.29) is 0 Å². The van der Waals surface area contributed by atoms with Crippen molar-refractivity contribution in [1.29, 1.82) is 0 Å². The fourth-order valence-electron chi connectivity index (χ4n) is 12.7. The molecule has 0 amide bonds. The van der Waals surface area contributed by atoms with Crippen molar-refractivity contribution in [3.8, 4) is 22.3 Å². The summed E-state index contributed by atoms with van der Waals surface area (Å²) >= 11 is 0. The van der Waals surface area contributed by atoms with Crippen LogP contribution in [-0.4, -0.2) is 26.4 Å². The third kappa shape index (κ3) is 11.5. The van der Waals surface area contributed by atoms with Crippen LogP contribution in [0.3, 0.4) is 0 Å². The average molecular weight is 1080 g/mol. The summed E-state index contributed by atoms with van der Waals surface area (Å²) < 4.78 is 24.9. The predicted molar refractivity (Wildman–Crippen MR) is 342 cm³/mol. The van der Waals surface area contributed by atoms with Crippen LogP contribution >= 0.6 is 0 Å². The number of ether oxygens (including phenoxy) is 4. The number of unbranched alkanes of at least 4 members (excludes halogenated alkanes) is 4. The second kappa shape index (κ2) is 27.9. The molecule has 2 aliphatic carbocycles. The molecule has 2 aliphatic rings. The lowest BCUT2D eigenvalue weighted by Gasteiger charge is -2.36. The van der Waals surface area contributed by atoms with Crippen LogP contribution in [0.15, 0.2) is 176 Å². The maximum absolute atomic E-state index is 6.22. The van der Waals surface area contributed by atoms with Gasteiger partial charge in [-0.05, 0) is 161 Å². The van der Waals surface area contributed by atoms with Gasteiger partial charge in [-0.3, -0.25) is 0 Å². The first-order chi connectivity index (χ1) is 39.9. The van der Waals surface area contributed by atoms with Gasteiger partial charge in [-0.25, -0.2) is 0 Å². The van der Waals surface area contributed by atoms with E-state index in [1.807, 2.05) is 27.7 Å². The van der Waals surface area contributed by atoms with Crippen molar-refractivity contribution in [2.24, 2.45) is 0 Å². The second-order valence-electron chi connectivity index (χ2n) is 21.7. The molecule has 9 aromatic carbocycles. The van der Waals surface area contributed by atoms with Crippen molar-refractivity contribution >= 4 is 21.5 Å². The Hall–Kier alpha value is -6.66. The van der Waals surface area contributed by atoms with Crippen LogP contribution in [0.5, 0.6) is 0 Å². The minimum absolute atomic E-state index is 0.593. The van der Waals surface area contributed by atoms with Crippen molar-refractivity contribution in [3.05, 3.63) is 248 Å². The van der Waals surface area contributed by atoms with Crippen molar-refractivity contribution in [2.45, 2.75) is 151 Å². The zero-order valence-electron chi connectivity index (χ0n) is 50.2. The van der Waals surface area contributed by atoms with Gasteiger partial charge >= 0.3 is 0 Å². The van der Waals surface area contributed by atoms with Gasteiger partial charge in [-0.1, -0.05) is 245 Å². The van der Waals surface area contributed by atoms with E-state index >= 15 is 0 Å². The lowest BCUT2D eigenvalue weighted by atomic mass is 9.65. The second-order valence-corrected chi connectivity index (χ2v) is 21.7. The van der Waals surface area contributed by atoms with Crippen LogP contribution < -0.4 is 0 Å². The molecule has 420 valence electrons. The van der Waals surface area contributed by atoms with Gasteiger partial charge in [0.15, 0.2) is 0 Å². The molecule has 0 unspecified atom stereocenters. The van der Waals surface area contributed by atoms with E-state index in [0.29, 0.717) is 26.4 Å². The van der Waals surface area contributed by atoms with Gasteiger partial charge in [-0.2, -0.15) is 0 Å². The SMILES string of the molecule is CC.CC.CCCCOCc1ccc(C2(c3ccc(COCCCC)cc3)c3cc4c(cc3-c3c2ccc2ccccc32)C(c2ccc(COCCCC)cc2)(c2ccc(COCCCC)cc2)c2cc(C)c3ccccc3c2-4)cc1. The Labute approximate surface area is 485 Å². The van der Waals surface area contributed by atoms with E-state index < -0.39 is 10.8 Å². The third-order valence-corrected chi connectivity index (χ3v) is 16.7. The van der Waals surface area contributed by atoms with E-state index in [0.717, 1.165) is 77.8 Å². The number of benzene rings is 9. The predicted octanol–water partition coefficient (Wildman–Crippen LogP) is 20.3. The van der Waals surface area contributed by atoms with Crippen LogP contribution in [-0.2, 0) is 56.2 Å². The number of aryl methyl sites for hydroxylation is 1. The molecule has 0 radical (unpaired) electrons. The van der Waals surface area contributed by atoms with Crippen LogP contribution in [0.1, 0.15) is 179 Å². The quantitative estimate of drug-likeness (QED) is 0.0565. The molecule has 4 heteroatoms. The largest absolute Gasteiger partial charge is 0.377 e. The lowest BCUT2D eigenvalue weighted by Crippen LogP contribution is -2.30. The first-order valence-electron chi connectivity index (χ1n) is 30.9. The Bertz CT molecular complexity index is 3350. The number of hydrogen-bond donors (Lipinski definition) is 0. The fourth-order valence-corrected chi connectivity index (χ4v) is 12.7. The maximum atomic E-state index is 6.22. The highest BCUT2D eigenvalue weighted by Crippen LogP contribution is 2.64.